The molecule has 1 N–H and O–H groups in total. The van der Waals surface area contributed by atoms with Crippen LogP contribution in [0.2, 0.25) is 0 Å². The third kappa shape index (κ3) is 4.14. The number of carbonyl (C=O) groups is 2. The van der Waals surface area contributed by atoms with E-state index in [1.165, 1.54) is 5.01 Å². The van der Waals surface area contributed by atoms with Crippen LogP contribution in [0.1, 0.15) is 26.2 Å². The lowest BCUT2D eigenvalue weighted by Crippen LogP contribution is -2.41. The number of hydrazone groups is 1. The SMILES string of the molecule is COCC[C@H](C)NC(=O)C1=NN(C)C(=O)CC1. The van der Waals surface area contributed by atoms with Crippen molar-refractivity contribution in [1.29, 1.82) is 0 Å². The summed E-state index contributed by atoms with van der Waals surface area (Å²) in [6, 6.07) is 0.0353. The third-order valence-corrected chi connectivity index (χ3v) is 2.60. The van der Waals surface area contributed by atoms with E-state index in [0.29, 0.717) is 25.2 Å². The van der Waals surface area contributed by atoms with Crippen molar-refractivity contribution in [1.82, 2.24) is 10.3 Å². The number of rotatable bonds is 5. The van der Waals surface area contributed by atoms with Gasteiger partial charge >= 0.3 is 0 Å². The Morgan fingerprint density at radius 2 is 2.29 bits per heavy atom. The van der Waals surface area contributed by atoms with E-state index in [0.717, 1.165) is 6.42 Å². The molecule has 0 radical (unpaired) electrons. The Morgan fingerprint density at radius 1 is 1.59 bits per heavy atom. The zero-order chi connectivity index (χ0) is 12.8. The Hall–Kier alpha value is -1.43. The van der Waals surface area contributed by atoms with Gasteiger partial charge in [-0.25, -0.2) is 5.01 Å². The molecule has 0 fully saturated rings. The monoisotopic (exact) mass is 241 g/mol. The van der Waals surface area contributed by atoms with Crippen LogP contribution >= 0.6 is 0 Å². The highest BCUT2D eigenvalue weighted by Crippen LogP contribution is 2.07. The molecule has 0 saturated carbocycles. The van der Waals surface area contributed by atoms with Gasteiger partial charge in [0.25, 0.3) is 5.91 Å². The molecule has 1 heterocycles. The summed E-state index contributed by atoms with van der Waals surface area (Å²) in [4.78, 5) is 23.0. The highest BCUT2D eigenvalue weighted by molar-refractivity contribution is 6.39. The van der Waals surface area contributed by atoms with Crippen LogP contribution in [0.25, 0.3) is 0 Å². The van der Waals surface area contributed by atoms with Crippen molar-refractivity contribution < 1.29 is 14.3 Å². The fraction of sp³-hybridized carbons (Fsp3) is 0.727. The predicted molar refractivity (Wildman–Crippen MR) is 63.5 cm³/mol. The fourth-order valence-corrected chi connectivity index (χ4v) is 1.51. The number of carbonyl (C=O) groups excluding carboxylic acids is 2. The second-order valence-corrected chi connectivity index (χ2v) is 4.12. The lowest BCUT2D eigenvalue weighted by molar-refractivity contribution is -0.130. The number of nitrogens with zero attached hydrogens (tertiary/aromatic N) is 2. The number of ether oxygens (including phenoxy) is 1. The topological polar surface area (TPSA) is 71.0 Å². The van der Waals surface area contributed by atoms with Crippen molar-refractivity contribution >= 4 is 17.5 Å². The van der Waals surface area contributed by atoms with Crippen LogP contribution in [0.4, 0.5) is 0 Å². The zero-order valence-corrected chi connectivity index (χ0v) is 10.5. The fourth-order valence-electron chi connectivity index (χ4n) is 1.51. The van der Waals surface area contributed by atoms with E-state index in [9.17, 15) is 9.59 Å². The van der Waals surface area contributed by atoms with Crippen LogP contribution in [0.5, 0.6) is 0 Å². The van der Waals surface area contributed by atoms with Gasteiger partial charge in [-0.1, -0.05) is 0 Å². The summed E-state index contributed by atoms with van der Waals surface area (Å²) in [5.41, 5.74) is 0.413. The summed E-state index contributed by atoms with van der Waals surface area (Å²) in [7, 11) is 3.18. The van der Waals surface area contributed by atoms with E-state index in [1.807, 2.05) is 6.92 Å². The van der Waals surface area contributed by atoms with Crippen molar-refractivity contribution in [2.24, 2.45) is 5.10 Å². The summed E-state index contributed by atoms with van der Waals surface area (Å²) in [6.07, 6.45) is 1.51. The Morgan fingerprint density at radius 3 is 2.88 bits per heavy atom. The first-order chi connectivity index (χ1) is 8.04. The lowest BCUT2D eigenvalue weighted by atomic mass is 10.1. The van der Waals surface area contributed by atoms with Crippen LogP contribution < -0.4 is 5.32 Å². The number of nitrogens with one attached hydrogen (secondary N) is 1. The lowest BCUT2D eigenvalue weighted by Gasteiger charge is -2.20. The first kappa shape index (κ1) is 13.6. The van der Waals surface area contributed by atoms with Gasteiger partial charge in [-0.15, -0.1) is 0 Å². The second kappa shape index (κ2) is 6.34. The molecule has 0 spiro atoms. The molecule has 0 aromatic carbocycles. The number of methoxy groups -OCH3 is 1. The van der Waals surface area contributed by atoms with Crippen LogP contribution in [0.3, 0.4) is 0 Å². The second-order valence-electron chi connectivity index (χ2n) is 4.12. The van der Waals surface area contributed by atoms with E-state index >= 15 is 0 Å². The predicted octanol–water partition coefficient (Wildman–Crippen LogP) is 0.136. The highest BCUT2D eigenvalue weighted by atomic mass is 16.5. The van der Waals surface area contributed by atoms with E-state index in [2.05, 4.69) is 10.4 Å². The van der Waals surface area contributed by atoms with Gasteiger partial charge in [-0.3, -0.25) is 9.59 Å². The summed E-state index contributed by atoms with van der Waals surface area (Å²) in [5.74, 6) is -0.262. The molecule has 17 heavy (non-hydrogen) atoms. The van der Waals surface area contributed by atoms with Gasteiger partial charge in [0.15, 0.2) is 0 Å². The Balaban J connectivity index is 2.48. The molecular weight excluding hydrogens is 222 g/mol. The average molecular weight is 241 g/mol. The minimum atomic E-state index is -0.201. The van der Waals surface area contributed by atoms with Crippen molar-refractivity contribution in [3.63, 3.8) is 0 Å². The van der Waals surface area contributed by atoms with Crippen molar-refractivity contribution in [2.75, 3.05) is 20.8 Å². The Labute approximate surface area is 101 Å². The molecule has 0 aromatic rings. The van der Waals surface area contributed by atoms with Crippen molar-refractivity contribution in [3.8, 4) is 0 Å². The Kier molecular flexibility index (Phi) is 5.09. The molecule has 6 nitrogen and oxygen atoms in total. The summed E-state index contributed by atoms with van der Waals surface area (Å²) in [5, 5.41) is 8.01. The molecule has 0 aromatic heterocycles. The van der Waals surface area contributed by atoms with Crippen LogP contribution in [-0.2, 0) is 14.3 Å². The summed E-state index contributed by atoms with van der Waals surface area (Å²) < 4.78 is 4.94. The largest absolute Gasteiger partial charge is 0.385 e. The molecule has 6 heteroatoms. The molecule has 0 aliphatic carbocycles. The minimum Gasteiger partial charge on any atom is -0.385 e. The first-order valence-electron chi connectivity index (χ1n) is 5.68. The van der Waals surface area contributed by atoms with Crippen molar-refractivity contribution in [2.45, 2.75) is 32.2 Å². The maximum Gasteiger partial charge on any atom is 0.267 e. The van der Waals surface area contributed by atoms with Crippen LogP contribution in [0.15, 0.2) is 5.10 Å². The van der Waals surface area contributed by atoms with Gasteiger partial charge in [-0.05, 0) is 13.3 Å². The average Bonchev–Trinajstić information content (AvgIpc) is 2.30. The molecule has 0 bridgehead atoms. The van der Waals surface area contributed by atoms with Crippen LogP contribution in [0, 0.1) is 0 Å². The molecule has 1 rings (SSSR count). The van der Waals surface area contributed by atoms with Gasteiger partial charge in [0.1, 0.15) is 5.71 Å². The molecule has 0 saturated heterocycles. The number of hydrogen-bond acceptors (Lipinski definition) is 4. The summed E-state index contributed by atoms with van der Waals surface area (Å²) in [6.45, 7) is 2.52. The van der Waals surface area contributed by atoms with Gasteiger partial charge in [0, 0.05) is 39.6 Å². The van der Waals surface area contributed by atoms with E-state index < -0.39 is 0 Å². The normalized spacial score (nSPS) is 17.7. The smallest absolute Gasteiger partial charge is 0.267 e. The summed E-state index contributed by atoms with van der Waals surface area (Å²) >= 11 is 0. The van der Waals surface area contributed by atoms with Crippen molar-refractivity contribution in [3.05, 3.63) is 0 Å². The van der Waals surface area contributed by atoms with E-state index in [4.69, 9.17) is 4.74 Å². The quantitative estimate of drug-likeness (QED) is 0.744. The molecule has 0 unspecified atom stereocenters. The Bertz CT molecular complexity index is 328. The van der Waals surface area contributed by atoms with Gasteiger partial charge < -0.3 is 10.1 Å². The third-order valence-electron chi connectivity index (χ3n) is 2.60. The molecule has 1 aliphatic heterocycles. The zero-order valence-electron chi connectivity index (χ0n) is 10.5. The van der Waals surface area contributed by atoms with Gasteiger partial charge in [-0.2, -0.15) is 5.10 Å². The molecule has 1 aliphatic rings. The van der Waals surface area contributed by atoms with E-state index in [-0.39, 0.29) is 17.9 Å². The standard InChI is InChI=1S/C11H19N3O3/c1-8(6-7-17-3)12-11(16)9-4-5-10(15)14(2)13-9/h8H,4-7H2,1-3H3,(H,12,16)/t8-/m0/s1. The molecule has 1 atom stereocenters. The molecular formula is C11H19N3O3. The van der Waals surface area contributed by atoms with Gasteiger partial charge in [0.2, 0.25) is 5.91 Å². The number of hydrogen-bond donors (Lipinski definition) is 1. The van der Waals surface area contributed by atoms with E-state index in [1.54, 1.807) is 14.2 Å². The highest BCUT2D eigenvalue weighted by Gasteiger charge is 2.22. The molecule has 96 valence electrons. The maximum absolute atomic E-state index is 11.8. The maximum atomic E-state index is 11.8. The van der Waals surface area contributed by atoms with Gasteiger partial charge in [0.05, 0.1) is 0 Å². The molecule has 2 amide bonds. The first-order valence-corrected chi connectivity index (χ1v) is 5.68. The van der Waals surface area contributed by atoms with Crippen LogP contribution in [-0.4, -0.2) is 49.3 Å². The number of amides is 2. The minimum absolute atomic E-state index is 0.0353.